The van der Waals surface area contributed by atoms with Gasteiger partial charge in [0.05, 0.1) is 5.69 Å². The fourth-order valence-electron chi connectivity index (χ4n) is 2.23. The van der Waals surface area contributed by atoms with Gasteiger partial charge in [-0.3, -0.25) is 5.32 Å². The Morgan fingerprint density at radius 2 is 2.41 bits per heavy atom. The molecule has 1 aromatic heterocycles. The van der Waals surface area contributed by atoms with Crippen LogP contribution in [0.15, 0.2) is 34.4 Å². The van der Waals surface area contributed by atoms with Crippen molar-refractivity contribution in [2.75, 3.05) is 6.26 Å². The fraction of sp³-hybridized carbons (Fsp3) is 0.286. The maximum atomic E-state index is 8.70. The molecule has 8 heteroatoms. The summed E-state index contributed by atoms with van der Waals surface area (Å²) in [7, 11) is 0. The summed E-state index contributed by atoms with van der Waals surface area (Å²) < 4.78 is 2.14. The molecule has 6 nitrogen and oxygen atoms in total. The van der Waals surface area contributed by atoms with E-state index in [0.717, 1.165) is 28.8 Å². The Hall–Kier alpha value is -1.98. The zero-order valence-corrected chi connectivity index (χ0v) is 13.8. The minimum Gasteiger partial charge on any atom is -0.301 e. The van der Waals surface area contributed by atoms with E-state index < -0.39 is 0 Å². The second kappa shape index (κ2) is 6.42. The fourth-order valence-corrected chi connectivity index (χ4v) is 3.54. The van der Waals surface area contributed by atoms with E-state index in [0.29, 0.717) is 10.4 Å². The van der Waals surface area contributed by atoms with Crippen molar-refractivity contribution in [2.24, 2.45) is 4.99 Å². The third kappa shape index (κ3) is 2.96. The molecule has 3 rings (SSSR count). The largest absolute Gasteiger partial charge is 0.301 e. The van der Waals surface area contributed by atoms with Crippen molar-refractivity contribution in [1.82, 2.24) is 20.1 Å². The van der Waals surface area contributed by atoms with Crippen LogP contribution in [0.25, 0.3) is 11.4 Å². The number of hydrogen-bond donors (Lipinski definition) is 1. The van der Waals surface area contributed by atoms with E-state index in [1.165, 1.54) is 11.8 Å². The standard InChI is InChI=1S/C14H14N6S2/c1-9-7-20-12(18-19-14(20)22-9)10-4-3-5-11(6-10)17-13(21-2)16-8-15/h3-6,9H,7H2,1-2H3,(H,16,17). The lowest BCUT2D eigenvalue weighted by Gasteiger charge is -2.05. The van der Waals surface area contributed by atoms with Crippen molar-refractivity contribution in [3.05, 3.63) is 24.3 Å². The normalized spacial score (nSPS) is 17.1. The first-order valence-electron chi connectivity index (χ1n) is 6.69. The molecule has 2 heterocycles. The zero-order valence-electron chi connectivity index (χ0n) is 12.1. The van der Waals surface area contributed by atoms with Crippen LogP contribution in [0, 0.1) is 11.5 Å². The highest BCUT2D eigenvalue weighted by atomic mass is 32.2. The van der Waals surface area contributed by atoms with E-state index in [4.69, 9.17) is 5.26 Å². The number of fused-ring (bicyclic) bond motifs is 1. The van der Waals surface area contributed by atoms with Gasteiger partial charge in [0.15, 0.2) is 22.3 Å². The quantitative estimate of drug-likeness (QED) is 0.395. The molecule has 1 unspecified atom stereocenters. The van der Waals surface area contributed by atoms with Gasteiger partial charge in [0.1, 0.15) is 0 Å². The average Bonchev–Trinajstić information content (AvgIpc) is 3.06. The van der Waals surface area contributed by atoms with E-state index >= 15 is 0 Å². The number of nitrogens with one attached hydrogen (secondary N) is 1. The van der Waals surface area contributed by atoms with Gasteiger partial charge in [0.25, 0.3) is 0 Å². The minimum absolute atomic E-state index is 0.522. The Morgan fingerprint density at radius 3 is 3.18 bits per heavy atom. The third-order valence-electron chi connectivity index (χ3n) is 3.15. The smallest absolute Gasteiger partial charge is 0.191 e. The van der Waals surface area contributed by atoms with Crippen LogP contribution in [0.2, 0.25) is 0 Å². The van der Waals surface area contributed by atoms with Crippen molar-refractivity contribution in [3.8, 4) is 17.6 Å². The van der Waals surface area contributed by atoms with Crippen LogP contribution in [0.3, 0.4) is 0 Å². The molecule has 0 spiro atoms. The Balaban J connectivity index is 1.94. The summed E-state index contributed by atoms with van der Waals surface area (Å²) in [5.41, 5.74) is 1.76. The predicted octanol–water partition coefficient (Wildman–Crippen LogP) is 2.86. The summed E-state index contributed by atoms with van der Waals surface area (Å²) in [5.74, 6) is 0.864. The van der Waals surface area contributed by atoms with Crippen LogP contribution in [0.1, 0.15) is 6.92 Å². The number of amidine groups is 1. The third-order valence-corrected chi connectivity index (χ3v) is 4.80. The number of benzene rings is 1. The zero-order chi connectivity index (χ0) is 15.5. The number of rotatable bonds is 2. The molecule has 1 atom stereocenters. The van der Waals surface area contributed by atoms with Gasteiger partial charge in [0, 0.05) is 17.4 Å². The van der Waals surface area contributed by atoms with Crippen molar-refractivity contribution in [2.45, 2.75) is 23.9 Å². The first-order valence-corrected chi connectivity index (χ1v) is 8.80. The van der Waals surface area contributed by atoms with Crippen molar-refractivity contribution < 1.29 is 0 Å². The predicted molar refractivity (Wildman–Crippen MR) is 90.1 cm³/mol. The molecule has 1 aliphatic rings. The monoisotopic (exact) mass is 330 g/mol. The van der Waals surface area contributed by atoms with E-state index in [9.17, 15) is 0 Å². The molecule has 0 bridgehead atoms. The summed E-state index contributed by atoms with van der Waals surface area (Å²) in [6.45, 7) is 3.10. The van der Waals surface area contributed by atoms with E-state index in [2.05, 4.69) is 32.0 Å². The topological polar surface area (TPSA) is 78.9 Å². The van der Waals surface area contributed by atoms with E-state index in [-0.39, 0.29) is 0 Å². The first-order chi connectivity index (χ1) is 10.7. The number of aromatic nitrogens is 3. The lowest BCUT2D eigenvalue weighted by molar-refractivity contribution is 0.675. The molecule has 0 saturated heterocycles. The highest BCUT2D eigenvalue weighted by Crippen LogP contribution is 2.34. The van der Waals surface area contributed by atoms with E-state index in [1.54, 1.807) is 11.8 Å². The Morgan fingerprint density at radius 1 is 1.55 bits per heavy atom. The van der Waals surface area contributed by atoms with Gasteiger partial charge >= 0.3 is 0 Å². The average molecular weight is 330 g/mol. The molecule has 1 aromatic carbocycles. The van der Waals surface area contributed by atoms with E-state index in [1.807, 2.05) is 36.7 Å². The maximum Gasteiger partial charge on any atom is 0.191 e. The van der Waals surface area contributed by atoms with Crippen LogP contribution in [0.5, 0.6) is 0 Å². The van der Waals surface area contributed by atoms with Crippen LogP contribution in [-0.2, 0) is 6.54 Å². The second-order valence-electron chi connectivity index (χ2n) is 4.75. The van der Waals surface area contributed by atoms with Gasteiger partial charge in [0.2, 0.25) is 0 Å². The van der Waals surface area contributed by atoms with Crippen molar-refractivity contribution in [3.63, 3.8) is 0 Å². The molecule has 0 fully saturated rings. The highest BCUT2D eigenvalue weighted by Gasteiger charge is 2.24. The highest BCUT2D eigenvalue weighted by molar-refractivity contribution is 8.13. The SMILES string of the molecule is CSC(=Nc1cccc(-c2nnc3n2CC(C)S3)c1)NC#N. The molecular weight excluding hydrogens is 316 g/mol. The number of thioether (sulfide) groups is 2. The lowest BCUT2D eigenvalue weighted by Crippen LogP contribution is -2.12. The van der Waals surface area contributed by atoms with Gasteiger partial charge in [-0.25, -0.2) is 4.99 Å². The number of hydrogen-bond acceptors (Lipinski definition) is 6. The summed E-state index contributed by atoms with van der Waals surface area (Å²) >= 11 is 3.14. The summed E-state index contributed by atoms with van der Waals surface area (Å²) in [6, 6.07) is 7.80. The van der Waals surface area contributed by atoms with Gasteiger partial charge in [-0.15, -0.1) is 10.2 Å². The lowest BCUT2D eigenvalue weighted by atomic mass is 10.2. The number of nitrogens with zero attached hydrogens (tertiary/aromatic N) is 5. The summed E-state index contributed by atoms with van der Waals surface area (Å²) in [5, 5.41) is 21.8. The summed E-state index contributed by atoms with van der Waals surface area (Å²) in [4.78, 5) is 4.43. The molecule has 0 amide bonds. The van der Waals surface area contributed by atoms with Crippen LogP contribution >= 0.6 is 23.5 Å². The van der Waals surface area contributed by atoms with Crippen LogP contribution < -0.4 is 5.32 Å². The minimum atomic E-state index is 0.522. The van der Waals surface area contributed by atoms with Crippen LogP contribution in [-0.4, -0.2) is 31.4 Å². The summed E-state index contributed by atoms with van der Waals surface area (Å²) in [6.07, 6.45) is 3.76. The number of aliphatic imine (C=N–C) groups is 1. The molecule has 1 aliphatic heterocycles. The van der Waals surface area contributed by atoms with Gasteiger partial charge < -0.3 is 4.57 Å². The Bertz CT molecular complexity index is 761. The van der Waals surface area contributed by atoms with Gasteiger partial charge in [-0.2, -0.15) is 5.26 Å². The molecule has 0 saturated carbocycles. The molecule has 1 N–H and O–H groups in total. The van der Waals surface area contributed by atoms with Crippen LogP contribution in [0.4, 0.5) is 5.69 Å². The maximum absolute atomic E-state index is 8.70. The number of nitriles is 1. The van der Waals surface area contributed by atoms with Gasteiger partial charge in [-0.05, 0) is 18.4 Å². The van der Waals surface area contributed by atoms with Crippen molar-refractivity contribution >= 4 is 34.4 Å². The first kappa shape index (κ1) is 14.9. The Labute approximate surface area is 137 Å². The second-order valence-corrected chi connectivity index (χ2v) is 6.95. The Kier molecular flexibility index (Phi) is 4.36. The molecule has 0 aliphatic carbocycles. The molecule has 0 radical (unpaired) electrons. The molecule has 22 heavy (non-hydrogen) atoms. The molecule has 2 aromatic rings. The molecule has 112 valence electrons. The van der Waals surface area contributed by atoms with Crippen molar-refractivity contribution in [1.29, 1.82) is 5.26 Å². The molecular formula is C14H14N6S2. The van der Waals surface area contributed by atoms with Gasteiger partial charge in [-0.1, -0.05) is 42.6 Å².